The Balaban J connectivity index is 1.84. The van der Waals surface area contributed by atoms with E-state index in [4.69, 9.17) is 16.3 Å². The lowest BCUT2D eigenvalue weighted by Gasteiger charge is -2.09. The Hall–Kier alpha value is -3.65. The third kappa shape index (κ3) is 4.61. The molecule has 0 radical (unpaired) electrons. The van der Waals surface area contributed by atoms with Crippen molar-refractivity contribution in [1.29, 1.82) is 0 Å². The molecule has 9 heteroatoms. The van der Waals surface area contributed by atoms with Gasteiger partial charge in [0.05, 0.1) is 41.1 Å². The Labute approximate surface area is 171 Å². The maximum absolute atomic E-state index is 13.7. The van der Waals surface area contributed by atoms with Gasteiger partial charge in [0.2, 0.25) is 5.90 Å². The van der Waals surface area contributed by atoms with Gasteiger partial charge in [0.1, 0.15) is 0 Å². The van der Waals surface area contributed by atoms with Crippen LogP contribution in [0.3, 0.4) is 0 Å². The number of ether oxygens (including phenoxy) is 1. The van der Waals surface area contributed by atoms with Crippen molar-refractivity contribution in [2.45, 2.75) is 0 Å². The monoisotopic (exact) mass is 411 g/mol. The molecule has 0 aliphatic carbocycles. The van der Waals surface area contributed by atoms with Crippen LogP contribution in [0.2, 0.25) is 5.02 Å². The number of pyridine rings is 1. The fraction of sp³-hybridized carbons (Fsp3) is 0.0500. The normalized spacial score (nSPS) is 11.1. The van der Waals surface area contributed by atoms with Crippen LogP contribution in [-0.4, -0.2) is 33.8 Å². The molecule has 29 heavy (non-hydrogen) atoms. The molecule has 0 saturated heterocycles. The molecule has 7 nitrogen and oxygen atoms in total. The number of aromatic nitrogens is 3. The van der Waals surface area contributed by atoms with Crippen molar-refractivity contribution in [3.63, 3.8) is 0 Å². The van der Waals surface area contributed by atoms with Crippen LogP contribution in [0.1, 0.15) is 15.9 Å². The van der Waals surface area contributed by atoms with Gasteiger partial charge in [-0.15, -0.1) is 0 Å². The van der Waals surface area contributed by atoms with E-state index in [0.29, 0.717) is 27.7 Å². The SMILES string of the molecule is C=CO/C(=N\C)c1ccc(Cl)c(-c2cnc(NC(=O)c3ccncc3F)cn2)c1. The zero-order chi connectivity index (χ0) is 20.8. The zero-order valence-corrected chi connectivity index (χ0v) is 16.0. The quantitative estimate of drug-likeness (QED) is 0.387. The first-order valence-corrected chi connectivity index (χ1v) is 8.69. The van der Waals surface area contributed by atoms with Crippen molar-refractivity contribution in [2.75, 3.05) is 12.4 Å². The number of hydrogen-bond donors (Lipinski definition) is 1. The number of aliphatic imine (C=N–C) groups is 1. The molecule has 1 N–H and O–H groups in total. The van der Waals surface area contributed by atoms with Crippen molar-refractivity contribution in [1.82, 2.24) is 15.0 Å². The maximum atomic E-state index is 13.7. The summed E-state index contributed by atoms with van der Waals surface area (Å²) in [6, 6.07) is 6.47. The largest absolute Gasteiger partial charge is 0.447 e. The molecule has 0 atom stereocenters. The predicted octanol–water partition coefficient (Wildman–Crippen LogP) is 4.12. The molecular weight excluding hydrogens is 397 g/mol. The zero-order valence-electron chi connectivity index (χ0n) is 15.3. The highest BCUT2D eigenvalue weighted by molar-refractivity contribution is 6.33. The van der Waals surface area contributed by atoms with E-state index in [2.05, 4.69) is 31.8 Å². The van der Waals surface area contributed by atoms with Gasteiger partial charge in [0, 0.05) is 24.4 Å². The summed E-state index contributed by atoms with van der Waals surface area (Å²) in [5.41, 5.74) is 1.61. The van der Waals surface area contributed by atoms with Gasteiger partial charge in [-0.2, -0.15) is 0 Å². The van der Waals surface area contributed by atoms with Gasteiger partial charge >= 0.3 is 0 Å². The number of benzene rings is 1. The summed E-state index contributed by atoms with van der Waals surface area (Å²) in [6.07, 6.45) is 6.36. The number of anilines is 1. The molecule has 0 spiro atoms. The second kappa shape index (κ2) is 9.03. The second-order valence-electron chi connectivity index (χ2n) is 5.60. The molecule has 0 aliphatic rings. The Morgan fingerprint density at radius 3 is 2.76 bits per heavy atom. The summed E-state index contributed by atoms with van der Waals surface area (Å²) in [5, 5.41) is 2.94. The Kier molecular flexibility index (Phi) is 6.25. The van der Waals surface area contributed by atoms with E-state index in [9.17, 15) is 9.18 Å². The smallest absolute Gasteiger partial charge is 0.259 e. The van der Waals surface area contributed by atoms with E-state index in [-0.39, 0.29) is 11.4 Å². The number of hydrogen-bond acceptors (Lipinski definition) is 6. The lowest BCUT2D eigenvalue weighted by atomic mass is 10.1. The summed E-state index contributed by atoms with van der Waals surface area (Å²) in [5.74, 6) is -0.854. The molecule has 3 rings (SSSR count). The van der Waals surface area contributed by atoms with E-state index in [1.165, 1.54) is 30.9 Å². The Morgan fingerprint density at radius 1 is 1.28 bits per heavy atom. The first-order chi connectivity index (χ1) is 14.0. The average molecular weight is 412 g/mol. The second-order valence-corrected chi connectivity index (χ2v) is 6.01. The molecule has 1 aromatic carbocycles. The summed E-state index contributed by atoms with van der Waals surface area (Å²) in [4.78, 5) is 28.3. The van der Waals surface area contributed by atoms with E-state index < -0.39 is 11.7 Å². The van der Waals surface area contributed by atoms with Gasteiger partial charge in [-0.3, -0.25) is 19.8 Å². The fourth-order valence-corrected chi connectivity index (χ4v) is 2.67. The van der Waals surface area contributed by atoms with E-state index in [1.807, 2.05) is 0 Å². The van der Waals surface area contributed by atoms with Crippen molar-refractivity contribution in [3.05, 3.63) is 83.9 Å². The summed E-state index contributed by atoms with van der Waals surface area (Å²) < 4.78 is 18.9. The lowest BCUT2D eigenvalue weighted by molar-refractivity contribution is 0.102. The van der Waals surface area contributed by atoms with Crippen molar-refractivity contribution >= 4 is 29.2 Å². The standard InChI is InChI=1S/C20H15ClFN5O2/c1-3-29-20(23-2)12-4-5-15(21)14(8-12)17-10-26-18(11-25-17)27-19(28)13-6-7-24-9-16(13)22/h3-11H,1H2,2H3,(H,26,27,28)/b23-20-. The third-order valence-electron chi connectivity index (χ3n) is 3.80. The first kappa shape index (κ1) is 20.1. The van der Waals surface area contributed by atoms with Crippen LogP contribution in [0.5, 0.6) is 0 Å². The number of halogens is 2. The molecular formula is C20H15ClFN5O2. The molecule has 1 amide bonds. The van der Waals surface area contributed by atoms with Crippen molar-refractivity contribution < 1.29 is 13.9 Å². The van der Waals surface area contributed by atoms with E-state index >= 15 is 0 Å². The van der Waals surface area contributed by atoms with E-state index in [0.717, 1.165) is 6.20 Å². The van der Waals surface area contributed by atoms with Crippen LogP contribution in [-0.2, 0) is 4.74 Å². The number of nitrogens with zero attached hydrogens (tertiary/aromatic N) is 4. The van der Waals surface area contributed by atoms with Crippen LogP contribution >= 0.6 is 11.6 Å². The van der Waals surface area contributed by atoms with Crippen LogP contribution in [0.25, 0.3) is 11.3 Å². The summed E-state index contributed by atoms with van der Waals surface area (Å²) in [7, 11) is 1.59. The average Bonchev–Trinajstić information content (AvgIpc) is 2.73. The van der Waals surface area contributed by atoms with Crippen molar-refractivity contribution in [3.8, 4) is 11.3 Å². The van der Waals surface area contributed by atoms with Gasteiger partial charge in [-0.25, -0.2) is 9.37 Å². The minimum atomic E-state index is -0.728. The molecule has 0 unspecified atom stereocenters. The molecule has 0 bridgehead atoms. The lowest BCUT2D eigenvalue weighted by Crippen LogP contribution is -2.15. The van der Waals surface area contributed by atoms with Gasteiger partial charge in [0.25, 0.3) is 5.91 Å². The highest BCUT2D eigenvalue weighted by Crippen LogP contribution is 2.28. The predicted molar refractivity (Wildman–Crippen MR) is 108 cm³/mol. The molecule has 146 valence electrons. The molecule has 0 fully saturated rings. The molecule has 0 aliphatic heterocycles. The minimum Gasteiger partial charge on any atom is -0.447 e. The summed E-state index contributed by atoms with van der Waals surface area (Å²) >= 11 is 6.29. The number of carbonyl (C=O) groups is 1. The molecule has 2 heterocycles. The first-order valence-electron chi connectivity index (χ1n) is 8.31. The highest BCUT2D eigenvalue weighted by atomic mass is 35.5. The van der Waals surface area contributed by atoms with Gasteiger partial charge in [0.15, 0.2) is 11.6 Å². The molecule has 3 aromatic rings. The van der Waals surface area contributed by atoms with Gasteiger partial charge < -0.3 is 10.1 Å². The molecule has 2 aromatic heterocycles. The van der Waals surface area contributed by atoms with Crippen LogP contribution in [0, 0.1) is 5.82 Å². The molecule has 0 saturated carbocycles. The minimum absolute atomic E-state index is 0.143. The Morgan fingerprint density at radius 2 is 2.10 bits per heavy atom. The maximum Gasteiger partial charge on any atom is 0.259 e. The topological polar surface area (TPSA) is 89.4 Å². The third-order valence-corrected chi connectivity index (χ3v) is 4.13. The Bertz CT molecular complexity index is 1090. The van der Waals surface area contributed by atoms with Crippen LogP contribution < -0.4 is 5.32 Å². The number of amides is 1. The number of carbonyl (C=O) groups excluding carboxylic acids is 1. The highest BCUT2D eigenvalue weighted by Gasteiger charge is 2.14. The number of nitrogens with one attached hydrogen (secondary N) is 1. The van der Waals surface area contributed by atoms with Gasteiger partial charge in [-0.1, -0.05) is 18.2 Å². The fourth-order valence-electron chi connectivity index (χ4n) is 2.46. The van der Waals surface area contributed by atoms with Crippen LogP contribution in [0.4, 0.5) is 10.2 Å². The number of rotatable bonds is 5. The summed E-state index contributed by atoms with van der Waals surface area (Å²) in [6.45, 7) is 3.52. The van der Waals surface area contributed by atoms with Crippen molar-refractivity contribution in [2.24, 2.45) is 4.99 Å². The van der Waals surface area contributed by atoms with E-state index in [1.54, 1.807) is 25.2 Å². The van der Waals surface area contributed by atoms with Crippen LogP contribution in [0.15, 0.2) is 66.9 Å². The van der Waals surface area contributed by atoms with Gasteiger partial charge in [-0.05, 0) is 24.3 Å².